The van der Waals surface area contributed by atoms with E-state index in [9.17, 15) is 0 Å². The van der Waals surface area contributed by atoms with Crippen molar-refractivity contribution >= 4 is 0 Å². The van der Waals surface area contributed by atoms with Gasteiger partial charge in [-0.2, -0.15) is 0 Å². The summed E-state index contributed by atoms with van der Waals surface area (Å²) < 4.78 is 16.3. The summed E-state index contributed by atoms with van der Waals surface area (Å²) in [6, 6.07) is 4.26. The second-order valence-corrected chi connectivity index (χ2v) is 5.34. The van der Waals surface area contributed by atoms with Crippen LogP contribution in [0.5, 0.6) is 11.5 Å². The van der Waals surface area contributed by atoms with E-state index in [1.54, 1.807) is 0 Å². The van der Waals surface area contributed by atoms with Gasteiger partial charge in [-0.05, 0) is 37.2 Å². The molecule has 3 rings (SSSR count). The van der Waals surface area contributed by atoms with Gasteiger partial charge in [0.05, 0.1) is 13.2 Å². The number of hydrogen-bond donors (Lipinski definition) is 2. The zero-order chi connectivity index (χ0) is 13.5. The Hall–Kier alpha value is -1.30. The molecule has 104 valence electrons. The summed E-state index contributed by atoms with van der Waals surface area (Å²) in [6.07, 6.45) is 0. The quantitative estimate of drug-likeness (QED) is 0.848. The number of benzene rings is 1. The fourth-order valence-corrected chi connectivity index (χ4v) is 2.93. The van der Waals surface area contributed by atoms with Crippen LogP contribution in [0.2, 0.25) is 0 Å². The van der Waals surface area contributed by atoms with Gasteiger partial charge in [0.1, 0.15) is 0 Å². The third-order valence-corrected chi connectivity index (χ3v) is 4.16. The van der Waals surface area contributed by atoms with Crippen molar-refractivity contribution in [2.24, 2.45) is 11.1 Å². The van der Waals surface area contributed by atoms with Gasteiger partial charge in [-0.25, -0.2) is 0 Å². The molecule has 5 nitrogen and oxygen atoms in total. The summed E-state index contributed by atoms with van der Waals surface area (Å²) in [5, 5.41) is 3.39. The molecular weight excluding hydrogens is 244 g/mol. The maximum absolute atomic E-state index is 5.97. The Kier molecular flexibility index (Phi) is 3.12. The lowest BCUT2D eigenvalue weighted by Gasteiger charge is -2.47. The molecule has 19 heavy (non-hydrogen) atoms. The molecule has 1 aromatic carbocycles. The summed E-state index contributed by atoms with van der Waals surface area (Å²) in [7, 11) is 1.96. The molecule has 0 bridgehead atoms. The number of rotatable bonds is 4. The summed E-state index contributed by atoms with van der Waals surface area (Å²) in [4.78, 5) is 0. The molecule has 0 aliphatic carbocycles. The van der Waals surface area contributed by atoms with Gasteiger partial charge in [-0.15, -0.1) is 0 Å². The van der Waals surface area contributed by atoms with E-state index in [1.807, 2.05) is 13.1 Å². The van der Waals surface area contributed by atoms with Gasteiger partial charge in [0, 0.05) is 18.0 Å². The highest BCUT2D eigenvalue weighted by molar-refractivity contribution is 5.49. The fourth-order valence-electron chi connectivity index (χ4n) is 2.93. The number of aryl methyl sites for hydroxylation is 1. The first-order chi connectivity index (χ1) is 9.20. The van der Waals surface area contributed by atoms with Crippen LogP contribution in [0.15, 0.2) is 12.1 Å². The van der Waals surface area contributed by atoms with Crippen LogP contribution < -0.4 is 20.5 Å². The Morgan fingerprint density at radius 1 is 1.32 bits per heavy atom. The minimum Gasteiger partial charge on any atom is -0.454 e. The number of ether oxygens (including phenoxy) is 3. The second kappa shape index (κ2) is 4.67. The monoisotopic (exact) mass is 264 g/mol. The average Bonchev–Trinajstić information content (AvgIpc) is 2.80. The SMILES string of the molecule is CNC(c1cc2c(cc1C)OCO2)C1(CN)COC1. The van der Waals surface area contributed by atoms with Gasteiger partial charge in [0.15, 0.2) is 11.5 Å². The Morgan fingerprint density at radius 2 is 2.00 bits per heavy atom. The van der Waals surface area contributed by atoms with Crippen LogP contribution in [-0.4, -0.2) is 33.6 Å². The molecular formula is C14H20N2O3. The highest BCUT2D eigenvalue weighted by Crippen LogP contribution is 2.44. The van der Waals surface area contributed by atoms with E-state index in [0.29, 0.717) is 26.6 Å². The van der Waals surface area contributed by atoms with Crippen molar-refractivity contribution in [2.75, 3.05) is 33.6 Å². The lowest BCUT2D eigenvalue weighted by Crippen LogP contribution is -2.55. The van der Waals surface area contributed by atoms with Crippen LogP contribution in [-0.2, 0) is 4.74 Å². The number of nitrogens with one attached hydrogen (secondary N) is 1. The standard InChI is InChI=1S/C14H20N2O3/c1-9-3-11-12(19-8-18-11)4-10(9)13(16-2)14(5-15)6-17-7-14/h3-4,13,16H,5-8,15H2,1-2H3. The first-order valence-electron chi connectivity index (χ1n) is 6.55. The van der Waals surface area contributed by atoms with E-state index in [1.165, 1.54) is 11.1 Å². The van der Waals surface area contributed by atoms with E-state index >= 15 is 0 Å². The Labute approximate surface area is 113 Å². The van der Waals surface area contributed by atoms with E-state index in [4.69, 9.17) is 19.9 Å². The smallest absolute Gasteiger partial charge is 0.231 e. The molecule has 5 heteroatoms. The second-order valence-electron chi connectivity index (χ2n) is 5.34. The molecule has 2 aliphatic heterocycles. The lowest BCUT2D eigenvalue weighted by molar-refractivity contribution is -0.126. The molecule has 0 amide bonds. The molecule has 1 unspecified atom stereocenters. The van der Waals surface area contributed by atoms with Gasteiger partial charge in [-0.3, -0.25) is 0 Å². The first-order valence-corrected chi connectivity index (χ1v) is 6.55. The zero-order valence-corrected chi connectivity index (χ0v) is 11.4. The molecule has 0 radical (unpaired) electrons. The number of fused-ring (bicyclic) bond motifs is 1. The Bertz CT molecular complexity index is 480. The number of hydrogen-bond acceptors (Lipinski definition) is 5. The topological polar surface area (TPSA) is 65.7 Å². The van der Waals surface area contributed by atoms with Crippen molar-refractivity contribution in [3.05, 3.63) is 23.3 Å². The zero-order valence-electron chi connectivity index (χ0n) is 11.4. The summed E-state index contributed by atoms with van der Waals surface area (Å²) in [6.45, 7) is 4.39. The van der Waals surface area contributed by atoms with Gasteiger partial charge in [0.25, 0.3) is 0 Å². The molecule has 3 N–H and O–H groups in total. The predicted octanol–water partition coefficient (Wildman–Crippen LogP) is 0.960. The van der Waals surface area contributed by atoms with Crippen molar-refractivity contribution in [3.8, 4) is 11.5 Å². The molecule has 0 saturated carbocycles. The third kappa shape index (κ3) is 1.89. The van der Waals surface area contributed by atoms with Crippen LogP contribution in [0.1, 0.15) is 17.2 Å². The molecule has 1 aromatic rings. The molecule has 0 aromatic heterocycles. The first kappa shape index (κ1) is 12.7. The van der Waals surface area contributed by atoms with E-state index < -0.39 is 0 Å². The minimum atomic E-state index is -0.0206. The predicted molar refractivity (Wildman–Crippen MR) is 71.4 cm³/mol. The van der Waals surface area contributed by atoms with Gasteiger partial charge in [0.2, 0.25) is 6.79 Å². The minimum absolute atomic E-state index is 0.0206. The van der Waals surface area contributed by atoms with Crippen molar-refractivity contribution in [2.45, 2.75) is 13.0 Å². The highest BCUT2D eigenvalue weighted by atomic mass is 16.7. The summed E-state index contributed by atoms with van der Waals surface area (Å²) in [5.74, 6) is 1.64. The van der Waals surface area contributed by atoms with Crippen LogP contribution in [0.4, 0.5) is 0 Å². The van der Waals surface area contributed by atoms with Gasteiger partial charge >= 0.3 is 0 Å². The van der Waals surface area contributed by atoms with Crippen molar-refractivity contribution < 1.29 is 14.2 Å². The average molecular weight is 264 g/mol. The van der Waals surface area contributed by atoms with Gasteiger partial charge in [-0.1, -0.05) is 0 Å². The van der Waals surface area contributed by atoms with Gasteiger partial charge < -0.3 is 25.3 Å². The summed E-state index contributed by atoms with van der Waals surface area (Å²) in [5.41, 5.74) is 8.34. The summed E-state index contributed by atoms with van der Waals surface area (Å²) >= 11 is 0. The van der Waals surface area contributed by atoms with Crippen LogP contribution >= 0.6 is 0 Å². The maximum atomic E-state index is 5.97. The van der Waals surface area contributed by atoms with Crippen LogP contribution in [0.3, 0.4) is 0 Å². The third-order valence-electron chi connectivity index (χ3n) is 4.16. The van der Waals surface area contributed by atoms with Crippen molar-refractivity contribution in [1.82, 2.24) is 5.32 Å². The molecule has 2 heterocycles. The Morgan fingerprint density at radius 3 is 2.53 bits per heavy atom. The molecule has 1 fully saturated rings. The highest BCUT2D eigenvalue weighted by Gasteiger charge is 2.45. The van der Waals surface area contributed by atoms with Crippen LogP contribution in [0, 0.1) is 12.3 Å². The van der Waals surface area contributed by atoms with Crippen LogP contribution in [0.25, 0.3) is 0 Å². The van der Waals surface area contributed by atoms with E-state index in [-0.39, 0.29) is 11.5 Å². The largest absolute Gasteiger partial charge is 0.454 e. The van der Waals surface area contributed by atoms with Crippen molar-refractivity contribution in [1.29, 1.82) is 0 Å². The molecule has 0 spiro atoms. The maximum Gasteiger partial charge on any atom is 0.231 e. The molecule has 2 aliphatic rings. The Balaban J connectivity index is 2.00. The molecule has 1 saturated heterocycles. The van der Waals surface area contributed by atoms with E-state index in [0.717, 1.165) is 11.5 Å². The fraction of sp³-hybridized carbons (Fsp3) is 0.571. The normalized spacial score (nSPS) is 21.0. The number of nitrogens with two attached hydrogens (primary N) is 1. The molecule has 1 atom stereocenters. The lowest BCUT2D eigenvalue weighted by atomic mass is 9.74. The van der Waals surface area contributed by atoms with E-state index in [2.05, 4.69) is 18.3 Å². The van der Waals surface area contributed by atoms with Crippen molar-refractivity contribution in [3.63, 3.8) is 0 Å².